The van der Waals surface area contributed by atoms with Gasteiger partial charge in [-0.25, -0.2) is 4.99 Å². The van der Waals surface area contributed by atoms with E-state index in [0.29, 0.717) is 5.96 Å². The zero-order valence-corrected chi connectivity index (χ0v) is 12.2. The topological polar surface area (TPSA) is 79.5 Å². The average molecular weight is 266 g/mol. The third kappa shape index (κ3) is 11.1. The third-order valence-corrected chi connectivity index (χ3v) is 2.59. The molecule has 19 heavy (non-hydrogen) atoms. The van der Waals surface area contributed by atoms with Gasteiger partial charge in [-0.15, -0.1) is 6.42 Å². The van der Waals surface area contributed by atoms with Crippen LogP contribution in [0.4, 0.5) is 0 Å². The maximum absolute atomic E-state index is 11.2. The predicted octanol–water partition coefficient (Wildman–Crippen LogP) is 0.855. The van der Waals surface area contributed by atoms with Crippen LogP contribution in [-0.2, 0) is 4.79 Å². The molecule has 1 atom stereocenters. The van der Waals surface area contributed by atoms with E-state index in [9.17, 15) is 4.79 Å². The monoisotopic (exact) mass is 266 g/mol. The van der Waals surface area contributed by atoms with Gasteiger partial charge in [0.1, 0.15) is 6.54 Å². The Morgan fingerprint density at radius 1 is 1.37 bits per heavy atom. The maximum Gasteiger partial charge on any atom is 0.242 e. The second kappa shape index (κ2) is 10.2. The van der Waals surface area contributed by atoms with Gasteiger partial charge in [-0.1, -0.05) is 32.6 Å². The van der Waals surface area contributed by atoms with Crippen LogP contribution in [0.15, 0.2) is 4.99 Å². The van der Waals surface area contributed by atoms with E-state index >= 15 is 0 Å². The quantitative estimate of drug-likeness (QED) is 0.346. The van der Waals surface area contributed by atoms with Crippen molar-refractivity contribution in [3.8, 4) is 12.3 Å². The fourth-order valence-electron chi connectivity index (χ4n) is 1.57. The fraction of sp³-hybridized carbons (Fsp3) is 0.714. The van der Waals surface area contributed by atoms with E-state index in [2.05, 4.69) is 42.3 Å². The zero-order valence-electron chi connectivity index (χ0n) is 12.2. The molecular weight excluding hydrogens is 240 g/mol. The molecule has 108 valence electrons. The summed E-state index contributed by atoms with van der Waals surface area (Å²) < 4.78 is 0. The summed E-state index contributed by atoms with van der Waals surface area (Å²) in [5, 5.41) is 5.59. The van der Waals surface area contributed by atoms with E-state index in [4.69, 9.17) is 12.2 Å². The number of amides is 1. The van der Waals surface area contributed by atoms with Gasteiger partial charge in [0.05, 0.1) is 6.54 Å². The minimum absolute atomic E-state index is 0.000766. The predicted molar refractivity (Wildman–Crippen MR) is 79.6 cm³/mol. The fourth-order valence-corrected chi connectivity index (χ4v) is 1.57. The highest BCUT2D eigenvalue weighted by Crippen LogP contribution is 2.07. The SMILES string of the molecule is C#CCNC(=O)CN=C(N)NC(C)CCCC(C)C. The highest BCUT2D eigenvalue weighted by molar-refractivity contribution is 5.84. The highest BCUT2D eigenvalue weighted by atomic mass is 16.1. The molecule has 0 spiro atoms. The molecule has 0 aromatic carbocycles. The summed E-state index contributed by atoms with van der Waals surface area (Å²) >= 11 is 0. The normalized spacial score (nSPS) is 12.9. The smallest absolute Gasteiger partial charge is 0.242 e. The van der Waals surface area contributed by atoms with Crippen LogP contribution in [0.25, 0.3) is 0 Å². The van der Waals surface area contributed by atoms with E-state index in [-0.39, 0.29) is 25.0 Å². The third-order valence-electron chi connectivity index (χ3n) is 2.59. The Morgan fingerprint density at radius 3 is 2.63 bits per heavy atom. The molecule has 0 aromatic rings. The van der Waals surface area contributed by atoms with Crippen molar-refractivity contribution in [3.05, 3.63) is 0 Å². The van der Waals surface area contributed by atoms with E-state index in [1.807, 2.05) is 0 Å². The lowest BCUT2D eigenvalue weighted by molar-refractivity contribution is -0.119. The summed E-state index contributed by atoms with van der Waals surface area (Å²) in [6.45, 7) is 6.69. The molecule has 0 radical (unpaired) electrons. The number of carbonyl (C=O) groups excluding carboxylic acids is 1. The van der Waals surface area contributed by atoms with Gasteiger partial charge >= 0.3 is 0 Å². The van der Waals surface area contributed by atoms with Gasteiger partial charge in [0, 0.05) is 6.04 Å². The Bertz CT molecular complexity index is 331. The highest BCUT2D eigenvalue weighted by Gasteiger charge is 2.04. The van der Waals surface area contributed by atoms with Crippen LogP contribution in [0.3, 0.4) is 0 Å². The van der Waals surface area contributed by atoms with Crippen molar-refractivity contribution >= 4 is 11.9 Å². The summed E-state index contributed by atoms with van der Waals surface area (Å²) in [5.41, 5.74) is 5.70. The van der Waals surface area contributed by atoms with Crippen molar-refractivity contribution in [2.45, 2.75) is 46.1 Å². The molecule has 4 N–H and O–H groups in total. The Labute approximate surface area is 116 Å². The van der Waals surface area contributed by atoms with Crippen LogP contribution in [0.2, 0.25) is 0 Å². The molecule has 5 nitrogen and oxygen atoms in total. The first-order valence-electron chi connectivity index (χ1n) is 6.72. The van der Waals surface area contributed by atoms with Crippen molar-refractivity contribution in [1.82, 2.24) is 10.6 Å². The number of rotatable bonds is 8. The Kier molecular flexibility index (Phi) is 9.33. The van der Waals surface area contributed by atoms with Gasteiger partial charge in [-0.3, -0.25) is 4.79 Å². The number of nitrogens with one attached hydrogen (secondary N) is 2. The molecule has 1 unspecified atom stereocenters. The molecule has 0 rings (SSSR count). The van der Waals surface area contributed by atoms with Gasteiger partial charge in [0.2, 0.25) is 5.91 Å². The molecule has 0 bridgehead atoms. The number of hydrogen-bond donors (Lipinski definition) is 3. The van der Waals surface area contributed by atoms with Crippen LogP contribution < -0.4 is 16.4 Å². The van der Waals surface area contributed by atoms with Crippen LogP contribution in [-0.4, -0.2) is 31.0 Å². The van der Waals surface area contributed by atoms with Gasteiger partial charge in [0.25, 0.3) is 0 Å². The number of aliphatic imine (C=N–C) groups is 1. The molecule has 5 heteroatoms. The molecular formula is C14H26N4O. The van der Waals surface area contributed by atoms with Crippen LogP contribution in [0.5, 0.6) is 0 Å². The standard InChI is InChI=1S/C14H26N4O/c1-5-9-16-13(19)10-17-14(15)18-12(4)8-6-7-11(2)3/h1,11-12H,6-10H2,2-4H3,(H,16,19)(H3,15,17,18). The molecule has 0 saturated carbocycles. The molecule has 0 aliphatic carbocycles. The Morgan fingerprint density at radius 2 is 2.05 bits per heavy atom. The maximum atomic E-state index is 11.2. The van der Waals surface area contributed by atoms with Gasteiger partial charge in [-0.05, 0) is 19.3 Å². The Hall–Kier alpha value is -1.70. The molecule has 1 amide bonds. The summed E-state index contributed by atoms with van der Waals surface area (Å²) in [7, 11) is 0. The van der Waals surface area contributed by atoms with Crippen molar-refractivity contribution in [2.24, 2.45) is 16.6 Å². The van der Waals surface area contributed by atoms with Crippen LogP contribution in [0.1, 0.15) is 40.0 Å². The summed E-state index contributed by atoms with van der Waals surface area (Å²) in [5.74, 6) is 3.12. The van der Waals surface area contributed by atoms with Gasteiger partial charge in [0.15, 0.2) is 5.96 Å². The van der Waals surface area contributed by atoms with Gasteiger partial charge < -0.3 is 16.4 Å². The zero-order chi connectivity index (χ0) is 14.7. The molecule has 0 aliphatic heterocycles. The first-order chi connectivity index (χ1) is 8.95. The number of hydrogen-bond acceptors (Lipinski definition) is 2. The minimum atomic E-state index is -0.227. The molecule has 0 heterocycles. The second-order valence-corrected chi connectivity index (χ2v) is 5.05. The number of nitrogens with zero attached hydrogens (tertiary/aromatic N) is 1. The van der Waals surface area contributed by atoms with Crippen molar-refractivity contribution in [3.63, 3.8) is 0 Å². The molecule has 0 saturated heterocycles. The van der Waals surface area contributed by atoms with Crippen molar-refractivity contribution < 1.29 is 4.79 Å². The summed E-state index contributed by atoms with van der Waals surface area (Å²) in [6.07, 6.45) is 8.43. The first kappa shape index (κ1) is 17.3. The van der Waals surface area contributed by atoms with Crippen molar-refractivity contribution in [2.75, 3.05) is 13.1 Å². The Balaban J connectivity index is 3.85. The minimum Gasteiger partial charge on any atom is -0.370 e. The number of terminal acetylenes is 1. The van der Waals surface area contributed by atoms with Crippen LogP contribution in [0, 0.1) is 18.3 Å². The largest absolute Gasteiger partial charge is 0.370 e. The lowest BCUT2D eigenvalue weighted by Gasteiger charge is -2.14. The number of nitrogens with two attached hydrogens (primary N) is 1. The van der Waals surface area contributed by atoms with Crippen LogP contribution >= 0.6 is 0 Å². The molecule has 0 aliphatic rings. The summed E-state index contributed by atoms with van der Waals surface area (Å²) in [6, 6.07) is 0.260. The van der Waals surface area contributed by atoms with E-state index in [0.717, 1.165) is 18.8 Å². The van der Waals surface area contributed by atoms with E-state index in [1.165, 1.54) is 6.42 Å². The van der Waals surface area contributed by atoms with Crippen molar-refractivity contribution in [1.29, 1.82) is 0 Å². The van der Waals surface area contributed by atoms with Gasteiger partial charge in [-0.2, -0.15) is 0 Å². The lowest BCUT2D eigenvalue weighted by Crippen LogP contribution is -2.39. The van der Waals surface area contributed by atoms with E-state index in [1.54, 1.807) is 0 Å². The molecule has 0 fully saturated rings. The van der Waals surface area contributed by atoms with E-state index < -0.39 is 0 Å². The second-order valence-electron chi connectivity index (χ2n) is 5.05. The molecule has 0 aromatic heterocycles. The average Bonchev–Trinajstić information content (AvgIpc) is 2.33. The summed E-state index contributed by atoms with van der Waals surface area (Å²) in [4.78, 5) is 15.2. The first-order valence-corrected chi connectivity index (χ1v) is 6.72. The lowest BCUT2D eigenvalue weighted by atomic mass is 10.0. The number of guanidine groups is 1. The number of carbonyl (C=O) groups is 1.